The highest BCUT2D eigenvalue weighted by molar-refractivity contribution is 5.94. The topological polar surface area (TPSA) is 61.4 Å². The number of aromatic nitrogens is 2. The average Bonchev–Trinajstić information content (AvgIpc) is 2.85. The summed E-state index contributed by atoms with van der Waals surface area (Å²) in [7, 11) is 2.16. The summed E-state index contributed by atoms with van der Waals surface area (Å²) in [6.45, 7) is 4.22. The average molecular weight is 438 g/mol. The summed E-state index contributed by atoms with van der Waals surface area (Å²) in [6, 6.07) is 20.4. The monoisotopic (exact) mass is 437 g/mol. The molecule has 6 heteroatoms. The molecule has 33 heavy (non-hydrogen) atoms. The van der Waals surface area contributed by atoms with Gasteiger partial charge < -0.3 is 15.1 Å². The maximum Gasteiger partial charge on any atom is 0.229 e. The van der Waals surface area contributed by atoms with Gasteiger partial charge in [0, 0.05) is 61.4 Å². The third-order valence-corrected chi connectivity index (χ3v) is 6.15. The van der Waals surface area contributed by atoms with Crippen molar-refractivity contribution in [2.24, 2.45) is 0 Å². The summed E-state index contributed by atoms with van der Waals surface area (Å²) in [5, 5.41) is 5.00. The fraction of sp³-hybridized carbons (Fsp3) is 0.222. The zero-order chi connectivity index (χ0) is 22.6. The van der Waals surface area contributed by atoms with Gasteiger partial charge in [-0.25, -0.2) is 4.98 Å². The molecule has 1 N–H and O–H groups in total. The number of carbonyl (C=O) groups is 1. The third kappa shape index (κ3) is 5.02. The predicted octanol–water partition coefficient (Wildman–Crippen LogP) is 4.23. The Labute approximate surface area is 193 Å². The highest BCUT2D eigenvalue weighted by Crippen LogP contribution is 2.25. The number of nitrogens with one attached hydrogen (secondary N) is 1. The van der Waals surface area contributed by atoms with Crippen LogP contribution in [0.3, 0.4) is 0 Å². The first kappa shape index (κ1) is 21.1. The standard InChI is InChI=1S/C27H27N5O/c1-31-11-13-32(14-12-31)25-8-4-20(5-9-25)15-27(33)30-26-17-24-16-21(6-7-23(24)19-29-26)22-3-2-10-28-18-22/h2-10,16-19H,11-15H2,1H3,(H,29,30,33). The Morgan fingerprint density at radius 2 is 1.73 bits per heavy atom. The lowest BCUT2D eigenvalue weighted by Crippen LogP contribution is -2.44. The summed E-state index contributed by atoms with van der Waals surface area (Å²) in [6.07, 6.45) is 5.73. The SMILES string of the molecule is CN1CCN(c2ccc(CC(=O)Nc3cc4cc(-c5cccnc5)ccc4cn3)cc2)CC1. The smallest absolute Gasteiger partial charge is 0.229 e. The Morgan fingerprint density at radius 3 is 2.48 bits per heavy atom. The van der Waals surface area contributed by atoms with Gasteiger partial charge in [0.2, 0.25) is 5.91 Å². The van der Waals surface area contributed by atoms with Gasteiger partial charge in [-0.3, -0.25) is 9.78 Å². The number of amides is 1. The number of carbonyl (C=O) groups excluding carboxylic acids is 1. The molecule has 1 amide bonds. The number of hydrogen-bond donors (Lipinski definition) is 1. The van der Waals surface area contributed by atoms with E-state index in [4.69, 9.17) is 0 Å². The van der Waals surface area contributed by atoms with Crippen LogP contribution in [0.2, 0.25) is 0 Å². The van der Waals surface area contributed by atoms with Crippen LogP contribution in [0.25, 0.3) is 21.9 Å². The number of anilines is 2. The minimum absolute atomic E-state index is 0.0717. The van der Waals surface area contributed by atoms with E-state index in [-0.39, 0.29) is 5.91 Å². The molecule has 1 aliphatic heterocycles. The molecule has 0 radical (unpaired) electrons. The van der Waals surface area contributed by atoms with Crippen LogP contribution in [-0.4, -0.2) is 54.0 Å². The van der Waals surface area contributed by atoms with E-state index in [1.165, 1.54) is 5.69 Å². The molecule has 2 aromatic heterocycles. The Kier molecular flexibility index (Phi) is 6.00. The molecule has 3 heterocycles. The third-order valence-electron chi connectivity index (χ3n) is 6.15. The molecule has 0 bridgehead atoms. The number of fused-ring (bicyclic) bond motifs is 1. The quantitative estimate of drug-likeness (QED) is 0.506. The van der Waals surface area contributed by atoms with E-state index in [1.807, 2.05) is 42.6 Å². The van der Waals surface area contributed by atoms with Crippen molar-refractivity contribution in [1.29, 1.82) is 0 Å². The van der Waals surface area contributed by atoms with E-state index < -0.39 is 0 Å². The van der Waals surface area contributed by atoms with E-state index in [9.17, 15) is 4.79 Å². The van der Waals surface area contributed by atoms with Gasteiger partial charge in [-0.15, -0.1) is 0 Å². The normalized spacial score (nSPS) is 14.4. The molecule has 0 saturated carbocycles. The van der Waals surface area contributed by atoms with Crippen molar-refractivity contribution in [3.63, 3.8) is 0 Å². The van der Waals surface area contributed by atoms with Crippen molar-refractivity contribution in [3.05, 3.63) is 84.8 Å². The number of rotatable bonds is 5. The van der Waals surface area contributed by atoms with Crippen molar-refractivity contribution >= 4 is 28.2 Å². The molecular formula is C27H27N5O. The summed E-state index contributed by atoms with van der Waals surface area (Å²) < 4.78 is 0. The first-order valence-corrected chi connectivity index (χ1v) is 11.3. The summed E-state index contributed by atoms with van der Waals surface area (Å²) in [4.78, 5) is 26.0. The molecule has 0 spiro atoms. The number of hydrogen-bond acceptors (Lipinski definition) is 5. The molecule has 1 saturated heterocycles. The Bertz CT molecular complexity index is 1250. The van der Waals surface area contributed by atoms with Crippen molar-refractivity contribution in [1.82, 2.24) is 14.9 Å². The van der Waals surface area contributed by atoms with Crippen LogP contribution < -0.4 is 10.2 Å². The van der Waals surface area contributed by atoms with Crippen LogP contribution in [0.1, 0.15) is 5.56 Å². The van der Waals surface area contributed by atoms with Gasteiger partial charge in [0.25, 0.3) is 0 Å². The van der Waals surface area contributed by atoms with Crippen LogP contribution in [-0.2, 0) is 11.2 Å². The van der Waals surface area contributed by atoms with Gasteiger partial charge in [-0.05, 0) is 53.9 Å². The second kappa shape index (κ2) is 9.38. The molecule has 6 nitrogen and oxygen atoms in total. The van der Waals surface area contributed by atoms with Crippen LogP contribution in [0, 0.1) is 0 Å². The largest absolute Gasteiger partial charge is 0.369 e. The lowest BCUT2D eigenvalue weighted by molar-refractivity contribution is -0.115. The minimum atomic E-state index is -0.0717. The van der Waals surface area contributed by atoms with Crippen molar-refractivity contribution < 1.29 is 4.79 Å². The Hall–Kier alpha value is -3.77. The Balaban J connectivity index is 1.25. The Morgan fingerprint density at radius 1 is 0.909 bits per heavy atom. The maximum atomic E-state index is 12.7. The van der Waals surface area contributed by atoms with Crippen molar-refractivity contribution in [2.45, 2.75) is 6.42 Å². The molecule has 2 aromatic carbocycles. The minimum Gasteiger partial charge on any atom is -0.369 e. The van der Waals surface area contributed by atoms with Gasteiger partial charge in [0.15, 0.2) is 0 Å². The number of likely N-dealkylation sites (N-methyl/N-ethyl adjacent to an activating group) is 1. The number of benzene rings is 2. The fourth-order valence-electron chi connectivity index (χ4n) is 4.18. The zero-order valence-electron chi connectivity index (χ0n) is 18.7. The van der Waals surface area contributed by atoms with Gasteiger partial charge >= 0.3 is 0 Å². The van der Waals surface area contributed by atoms with E-state index in [1.54, 1.807) is 12.4 Å². The predicted molar refractivity (Wildman–Crippen MR) is 133 cm³/mol. The molecule has 0 unspecified atom stereocenters. The lowest BCUT2D eigenvalue weighted by Gasteiger charge is -2.34. The summed E-state index contributed by atoms with van der Waals surface area (Å²) >= 11 is 0. The van der Waals surface area contributed by atoms with E-state index in [0.717, 1.165) is 53.6 Å². The second-order valence-corrected chi connectivity index (χ2v) is 8.55. The van der Waals surface area contributed by atoms with Crippen LogP contribution in [0.5, 0.6) is 0 Å². The van der Waals surface area contributed by atoms with Crippen molar-refractivity contribution in [3.8, 4) is 11.1 Å². The van der Waals surface area contributed by atoms with Crippen LogP contribution in [0.4, 0.5) is 11.5 Å². The fourth-order valence-corrected chi connectivity index (χ4v) is 4.18. The summed E-state index contributed by atoms with van der Waals surface area (Å²) in [5.41, 5.74) is 4.35. The molecule has 1 fully saturated rings. The zero-order valence-corrected chi connectivity index (χ0v) is 18.7. The van der Waals surface area contributed by atoms with E-state index >= 15 is 0 Å². The second-order valence-electron chi connectivity index (χ2n) is 8.55. The molecule has 1 aliphatic rings. The van der Waals surface area contributed by atoms with Crippen LogP contribution in [0.15, 0.2) is 79.3 Å². The van der Waals surface area contributed by atoms with E-state index in [0.29, 0.717) is 12.2 Å². The maximum absolute atomic E-state index is 12.7. The summed E-state index contributed by atoms with van der Waals surface area (Å²) in [5.74, 6) is 0.488. The molecule has 166 valence electrons. The number of pyridine rings is 2. The molecular weight excluding hydrogens is 410 g/mol. The van der Waals surface area contributed by atoms with E-state index in [2.05, 4.69) is 56.4 Å². The van der Waals surface area contributed by atoms with Gasteiger partial charge in [-0.2, -0.15) is 0 Å². The number of piperazine rings is 1. The van der Waals surface area contributed by atoms with Crippen LogP contribution >= 0.6 is 0 Å². The van der Waals surface area contributed by atoms with Crippen molar-refractivity contribution in [2.75, 3.05) is 43.4 Å². The number of nitrogens with zero attached hydrogens (tertiary/aromatic N) is 4. The molecule has 4 aromatic rings. The molecule has 0 aliphatic carbocycles. The highest BCUT2D eigenvalue weighted by atomic mass is 16.1. The highest BCUT2D eigenvalue weighted by Gasteiger charge is 2.14. The van der Waals surface area contributed by atoms with Gasteiger partial charge in [0.05, 0.1) is 6.42 Å². The van der Waals surface area contributed by atoms with Gasteiger partial charge in [0.1, 0.15) is 5.82 Å². The molecule has 5 rings (SSSR count). The lowest BCUT2D eigenvalue weighted by atomic mass is 10.0. The molecule has 0 atom stereocenters. The van der Waals surface area contributed by atoms with Gasteiger partial charge in [-0.1, -0.05) is 30.3 Å². The first-order valence-electron chi connectivity index (χ1n) is 11.3. The first-order chi connectivity index (χ1) is 16.1.